The van der Waals surface area contributed by atoms with Crippen molar-refractivity contribution in [2.24, 2.45) is 0 Å². The number of rotatable bonds is 3. The fourth-order valence-electron chi connectivity index (χ4n) is 2.52. The van der Waals surface area contributed by atoms with E-state index >= 15 is 0 Å². The monoisotopic (exact) mass is 347 g/mol. The Morgan fingerprint density at radius 2 is 1.83 bits per heavy atom. The molecule has 0 saturated carbocycles. The molecular formula is C17H17NO5S. The number of ether oxygens (including phenoxy) is 2. The molecule has 0 saturated heterocycles. The molecular weight excluding hydrogens is 330 g/mol. The number of methoxy groups -OCH3 is 1. The van der Waals surface area contributed by atoms with Crippen LogP contribution in [0.25, 0.3) is 0 Å². The zero-order chi connectivity index (χ0) is 17.3. The number of sulfonamides is 1. The largest absolute Gasteiger partial charge is 0.475 e. The van der Waals surface area contributed by atoms with Crippen molar-refractivity contribution in [1.82, 2.24) is 0 Å². The number of carbonyl (C=O) groups is 1. The van der Waals surface area contributed by atoms with Gasteiger partial charge in [-0.1, -0.05) is 29.8 Å². The Kier molecular flexibility index (Phi) is 4.19. The number of nitrogens with zero attached hydrogens (tertiary/aromatic N) is 1. The van der Waals surface area contributed by atoms with Crippen LogP contribution >= 0.6 is 0 Å². The van der Waals surface area contributed by atoms with Crippen molar-refractivity contribution in [2.45, 2.75) is 17.9 Å². The number of hydrogen-bond acceptors (Lipinski definition) is 5. The molecule has 3 rings (SSSR count). The summed E-state index contributed by atoms with van der Waals surface area (Å²) < 4.78 is 37.6. The van der Waals surface area contributed by atoms with Gasteiger partial charge in [0.05, 0.1) is 24.2 Å². The van der Waals surface area contributed by atoms with Gasteiger partial charge in [-0.2, -0.15) is 0 Å². The molecule has 0 aliphatic carbocycles. The number of anilines is 1. The molecule has 2 aromatic rings. The van der Waals surface area contributed by atoms with Crippen molar-refractivity contribution in [3.05, 3.63) is 54.1 Å². The minimum atomic E-state index is -3.82. The Morgan fingerprint density at radius 1 is 1.17 bits per heavy atom. The minimum absolute atomic E-state index is 0.139. The van der Waals surface area contributed by atoms with Gasteiger partial charge >= 0.3 is 5.97 Å². The second-order valence-electron chi connectivity index (χ2n) is 5.45. The van der Waals surface area contributed by atoms with Gasteiger partial charge in [0.25, 0.3) is 10.0 Å². The molecule has 1 aliphatic heterocycles. The van der Waals surface area contributed by atoms with Crippen LogP contribution in [0.2, 0.25) is 0 Å². The molecule has 0 fully saturated rings. The van der Waals surface area contributed by atoms with Crippen LogP contribution < -0.4 is 9.04 Å². The van der Waals surface area contributed by atoms with E-state index in [0.29, 0.717) is 11.4 Å². The normalized spacial score (nSPS) is 16.9. The van der Waals surface area contributed by atoms with Crippen molar-refractivity contribution in [3.8, 4) is 5.75 Å². The molecule has 126 valence electrons. The quantitative estimate of drug-likeness (QED) is 0.795. The summed E-state index contributed by atoms with van der Waals surface area (Å²) in [6.45, 7) is 1.74. The number of fused-ring (bicyclic) bond motifs is 1. The van der Waals surface area contributed by atoms with E-state index in [1.807, 2.05) is 6.92 Å². The lowest BCUT2D eigenvalue weighted by molar-refractivity contribution is -0.148. The number of esters is 1. The molecule has 0 radical (unpaired) electrons. The van der Waals surface area contributed by atoms with Crippen LogP contribution in [0.1, 0.15) is 5.56 Å². The van der Waals surface area contributed by atoms with Crippen LogP contribution in [0.4, 0.5) is 5.69 Å². The molecule has 1 aliphatic rings. The van der Waals surface area contributed by atoms with E-state index in [1.54, 1.807) is 48.5 Å². The van der Waals surface area contributed by atoms with E-state index in [0.717, 1.165) is 5.56 Å². The number of hydrogen-bond donors (Lipinski definition) is 0. The first kappa shape index (κ1) is 16.3. The molecule has 0 spiro atoms. The molecule has 0 unspecified atom stereocenters. The summed E-state index contributed by atoms with van der Waals surface area (Å²) in [5.41, 5.74) is 1.36. The average molecular weight is 347 g/mol. The van der Waals surface area contributed by atoms with Gasteiger partial charge in [-0.05, 0) is 31.2 Å². The first-order chi connectivity index (χ1) is 11.4. The molecule has 24 heavy (non-hydrogen) atoms. The number of carbonyl (C=O) groups excluding carboxylic acids is 1. The number of benzene rings is 2. The molecule has 1 heterocycles. The maximum absolute atomic E-state index is 13.0. The summed E-state index contributed by atoms with van der Waals surface area (Å²) in [5, 5.41) is 0. The lowest BCUT2D eigenvalue weighted by atomic mass is 10.2. The van der Waals surface area contributed by atoms with Gasteiger partial charge in [0.15, 0.2) is 0 Å². The fraction of sp³-hybridized carbons (Fsp3) is 0.235. The van der Waals surface area contributed by atoms with E-state index < -0.39 is 22.1 Å². The number of aryl methyl sites for hydroxylation is 1. The summed E-state index contributed by atoms with van der Waals surface area (Å²) in [6, 6.07) is 13.3. The van der Waals surface area contributed by atoms with Gasteiger partial charge in [0, 0.05) is 0 Å². The molecule has 0 amide bonds. The van der Waals surface area contributed by atoms with Crippen LogP contribution in [-0.2, 0) is 19.6 Å². The van der Waals surface area contributed by atoms with Crippen molar-refractivity contribution in [1.29, 1.82) is 0 Å². The van der Waals surface area contributed by atoms with Crippen LogP contribution in [0.5, 0.6) is 5.75 Å². The van der Waals surface area contributed by atoms with Gasteiger partial charge in [-0.15, -0.1) is 0 Å². The lowest BCUT2D eigenvalue weighted by Gasteiger charge is -2.34. The molecule has 0 N–H and O–H groups in total. The van der Waals surface area contributed by atoms with Gasteiger partial charge in [-0.25, -0.2) is 13.2 Å². The maximum Gasteiger partial charge on any atom is 0.348 e. The van der Waals surface area contributed by atoms with Crippen LogP contribution in [0, 0.1) is 6.92 Å². The smallest absolute Gasteiger partial charge is 0.348 e. The summed E-state index contributed by atoms with van der Waals surface area (Å²) in [7, 11) is -2.58. The van der Waals surface area contributed by atoms with Gasteiger partial charge < -0.3 is 9.47 Å². The maximum atomic E-state index is 13.0. The zero-order valence-corrected chi connectivity index (χ0v) is 14.1. The van der Waals surface area contributed by atoms with E-state index in [9.17, 15) is 13.2 Å². The summed E-state index contributed by atoms with van der Waals surface area (Å²) in [4.78, 5) is 12.0. The third-order valence-electron chi connectivity index (χ3n) is 3.81. The lowest BCUT2D eigenvalue weighted by Crippen LogP contribution is -2.47. The van der Waals surface area contributed by atoms with E-state index in [2.05, 4.69) is 0 Å². The first-order valence-electron chi connectivity index (χ1n) is 7.36. The SMILES string of the molecule is COC(=O)[C@@H]1CN(S(=O)(=O)c2ccc(C)cc2)c2ccccc2O1. The third kappa shape index (κ3) is 2.82. The minimum Gasteiger partial charge on any atom is -0.475 e. The second-order valence-corrected chi connectivity index (χ2v) is 7.31. The van der Waals surface area contributed by atoms with Crippen molar-refractivity contribution >= 4 is 21.7 Å². The van der Waals surface area contributed by atoms with Gasteiger partial charge in [-0.3, -0.25) is 4.31 Å². The highest BCUT2D eigenvalue weighted by Gasteiger charge is 2.37. The van der Waals surface area contributed by atoms with Crippen molar-refractivity contribution in [2.75, 3.05) is 18.0 Å². The first-order valence-corrected chi connectivity index (χ1v) is 8.80. The highest BCUT2D eigenvalue weighted by atomic mass is 32.2. The second kappa shape index (κ2) is 6.16. The number of para-hydroxylation sites is 2. The highest BCUT2D eigenvalue weighted by molar-refractivity contribution is 7.92. The Morgan fingerprint density at radius 3 is 2.50 bits per heavy atom. The Bertz CT molecular complexity index is 861. The summed E-state index contributed by atoms with van der Waals surface area (Å²) >= 11 is 0. The molecule has 2 aromatic carbocycles. The summed E-state index contributed by atoms with van der Waals surface area (Å²) in [6.07, 6.45) is -1.01. The third-order valence-corrected chi connectivity index (χ3v) is 5.60. The van der Waals surface area contributed by atoms with Crippen LogP contribution in [0.3, 0.4) is 0 Å². The zero-order valence-electron chi connectivity index (χ0n) is 13.3. The van der Waals surface area contributed by atoms with Gasteiger partial charge in [0.2, 0.25) is 6.10 Å². The molecule has 7 heteroatoms. The standard InChI is InChI=1S/C17H17NO5S/c1-12-7-9-13(10-8-12)24(20,21)18-11-16(17(19)22-2)23-15-6-4-3-5-14(15)18/h3-10,16H,11H2,1-2H3/t16-/m0/s1. The predicted octanol–water partition coefficient (Wildman–Crippen LogP) is 2.12. The Hall–Kier alpha value is -2.54. The topological polar surface area (TPSA) is 72.9 Å². The Labute approximate surface area is 140 Å². The van der Waals surface area contributed by atoms with E-state index in [1.165, 1.54) is 11.4 Å². The molecule has 0 aromatic heterocycles. The van der Waals surface area contributed by atoms with E-state index in [4.69, 9.17) is 9.47 Å². The van der Waals surface area contributed by atoms with Gasteiger partial charge in [0.1, 0.15) is 5.75 Å². The average Bonchev–Trinajstić information content (AvgIpc) is 2.60. The fourth-order valence-corrected chi connectivity index (χ4v) is 4.00. The molecule has 1 atom stereocenters. The van der Waals surface area contributed by atoms with Crippen molar-refractivity contribution < 1.29 is 22.7 Å². The van der Waals surface area contributed by atoms with E-state index in [-0.39, 0.29) is 11.4 Å². The Balaban J connectivity index is 2.07. The predicted molar refractivity (Wildman–Crippen MR) is 88.6 cm³/mol. The van der Waals surface area contributed by atoms with Crippen LogP contribution in [0.15, 0.2) is 53.4 Å². The summed E-state index contributed by atoms with van der Waals surface area (Å²) in [5.74, 6) is -0.288. The van der Waals surface area contributed by atoms with Crippen molar-refractivity contribution in [3.63, 3.8) is 0 Å². The molecule has 0 bridgehead atoms. The van der Waals surface area contributed by atoms with Crippen LogP contribution in [-0.4, -0.2) is 34.1 Å². The highest BCUT2D eigenvalue weighted by Crippen LogP contribution is 2.36. The molecule has 6 nitrogen and oxygen atoms in total.